The first-order chi connectivity index (χ1) is 9.47. The van der Waals surface area contributed by atoms with Crippen molar-refractivity contribution in [3.05, 3.63) is 29.8 Å². The highest BCUT2D eigenvalue weighted by atomic mass is 15.1. The molecule has 0 spiro atoms. The molecule has 1 fully saturated rings. The summed E-state index contributed by atoms with van der Waals surface area (Å²) < 4.78 is 0. The van der Waals surface area contributed by atoms with Crippen molar-refractivity contribution in [1.82, 2.24) is 5.32 Å². The van der Waals surface area contributed by atoms with E-state index < -0.39 is 0 Å². The number of benzene rings is 1. The van der Waals surface area contributed by atoms with Crippen LogP contribution in [0.4, 0.5) is 5.69 Å². The van der Waals surface area contributed by atoms with Gasteiger partial charge in [-0.1, -0.05) is 37.5 Å². The second-order valence-corrected chi connectivity index (χ2v) is 7.14. The fourth-order valence-corrected chi connectivity index (χ4v) is 3.03. The molecule has 0 amide bonds. The lowest BCUT2D eigenvalue weighted by molar-refractivity contribution is 0.418. The molecule has 1 aliphatic carbocycles. The molecule has 2 nitrogen and oxygen atoms in total. The minimum absolute atomic E-state index is 0.163. The fraction of sp³-hybridized carbons (Fsp3) is 0.667. The molecule has 0 saturated heterocycles. The van der Waals surface area contributed by atoms with Gasteiger partial charge in [0.1, 0.15) is 0 Å². The van der Waals surface area contributed by atoms with Gasteiger partial charge in [0.2, 0.25) is 0 Å². The van der Waals surface area contributed by atoms with Gasteiger partial charge in [0, 0.05) is 30.9 Å². The van der Waals surface area contributed by atoms with E-state index in [1.807, 2.05) is 0 Å². The van der Waals surface area contributed by atoms with Crippen molar-refractivity contribution in [3.8, 4) is 0 Å². The SMILES string of the molecule is CN(c1ccccc1CNC(C)(C)C)C1CCCCC1. The van der Waals surface area contributed by atoms with Gasteiger partial charge in [-0.05, 0) is 45.2 Å². The van der Waals surface area contributed by atoms with E-state index in [1.165, 1.54) is 43.4 Å². The first-order valence-electron chi connectivity index (χ1n) is 8.03. The maximum atomic E-state index is 3.61. The third-order valence-corrected chi connectivity index (χ3v) is 4.30. The third kappa shape index (κ3) is 4.24. The van der Waals surface area contributed by atoms with Gasteiger partial charge in [0.25, 0.3) is 0 Å². The maximum Gasteiger partial charge on any atom is 0.0411 e. The van der Waals surface area contributed by atoms with E-state index in [0.717, 1.165) is 12.6 Å². The molecule has 1 aromatic carbocycles. The molecule has 0 aromatic heterocycles. The Morgan fingerprint density at radius 1 is 1.10 bits per heavy atom. The van der Waals surface area contributed by atoms with Gasteiger partial charge in [-0.25, -0.2) is 0 Å². The Morgan fingerprint density at radius 3 is 2.40 bits per heavy atom. The van der Waals surface area contributed by atoms with E-state index in [1.54, 1.807) is 0 Å². The minimum Gasteiger partial charge on any atom is -0.371 e. The Kier molecular flexibility index (Phi) is 5.09. The molecule has 0 heterocycles. The highest BCUT2D eigenvalue weighted by molar-refractivity contribution is 5.54. The van der Waals surface area contributed by atoms with Crippen LogP contribution in [0.2, 0.25) is 0 Å². The molecule has 20 heavy (non-hydrogen) atoms. The summed E-state index contributed by atoms with van der Waals surface area (Å²) in [6.07, 6.45) is 6.88. The lowest BCUT2D eigenvalue weighted by Gasteiger charge is -2.34. The Morgan fingerprint density at radius 2 is 1.75 bits per heavy atom. The molecule has 1 aromatic rings. The van der Waals surface area contributed by atoms with Crippen molar-refractivity contribution in [2.45, 2.75) is 71.0 Å². The van der Waals surface area contributed by atoms with Crippen LogP contribution in [-0.2, 0) is 6.54 Å². The summed E-state index contributed by atoms with van der Waals surface area (Å²) in [5.41, 5.74) is 2.97. The summed E-state index contributed by atoms with van der Waals surface area (Å²) in [5.74, 6) is 0. The quantitative estimate of drug-likeness (QED) is 0.878. The normalized spacial score (nSPS) is 17.2. The van der Waals surface area contributed by atoms with Crippen LogP contribution in [0.5, 0.6) is 0 Å². The maximum absolute atomic E-state index is 3.61. The zero-order valence-corrected chi connectivity index (χ0v) is 13.6. The van der Waals surface area contributed by atoms with Crippen LogP contribution < -0.4 is 10.2 Å². The van der Waals surface area contributed by atoms with Gasteiger partial charge in [-0.3, -0.25) is 0 Å². The lowest BCUT2D eigenvalue weighted by atomic mass is 9.93. The number of hydrogen-bond acceptors (Lipinski definition) is 2. The molecule has 0 atom stereocenters. The van der Waals surface area contributed by atoms with E-state index in [-0.39, 0.29) is 5.54 Å². The van der Waals surface area contributed by atoms with Gasteiger partial charge in [0.05, 0.1) is 0 Å². The lowest BCUT2D eigenvalue weighted by Crippen LogP contribution is -2.37. The largest absolute Gasteiger partial charge is 0.371 e. The molecular weight excluding hydrogens is 244 g/mol. The highest BCUT2D eigenvalue weighted by Gasteiger charge is 2.20. The number of para-hydroxylation sites is 1. The molecule has 112 valence electrons. The van der Waals surface area contributed by atoms with Crippen LogP contribution in [0, 0.1) is 0 Å². The number of nitrogens with zero attached hydrogens (tertiary/aromatic N) is 1. The topological polar surface area (TPSA) is 15.3 Å². The van der Waals surface area contributed by atoms with E-state index in [4.69, 9.17) is 0 Å². The van der Waals surface area contributed by atoms with Crippen LogP contribution in [0.15, 0.2) is 24.3 Å². The number of hydrogen-bond donors (Lipinski definition) is 1. The summed E-state index contributed by atoms with van der Waals surface area (Å²) in [6, 6.07) is 9.56. The first-order valence-corrected chi connectivity index (χ1v) is 8.03. The van der Waals surface area contributed by atoms with Gasteiger partial charge >= 0.3 is 0 Å². The van der Waals surface area contributed by atoms with E-state index in [9.17, 15) is 0 Å². The van der Waals surface area contributed by atoms with Crippen molar-refractivity contribution < 1.29 is 0 Å². The average molecular weight is 274 g/mol. The molecule has 0 unspecified atom stereocenters. The number of anilines is 1. The fourth-order valence-electron chi connectivity index (χ4n) is 3.03. The summed E-state index contributed by atoms with van der Waals surface area (Å²) in [6.45, 7) is 7.61. The van der Waals surface area contributed by atoms with Gasteiger partial charge in [0.15, 0.2) is 0 Å². The standard InChI is InChI=1S/C18H30N2/c1-18(2,3)19-14-15-10-8-9-13-17(15)20(4)16-11-6-5-7-12-16/h8-10,13,16,19H,5-7,11-12,14H2,1-4H3. The highest BCUT2D eigenvalue weighted by Crippen LogP contribution is 2.28. The van der Waals surface area contributed by atoms with E-state index in [0.29, 0.717) is 0 Å². The van der Waals surface area contributed by atoms with Crippen LogP contribution in [0.3, 0.4) is 0 Å². The third-order valence-electron chi connectivity index (χ3n) is 4.30. The molecule has 0 bridgehead atoms. The van der Waals surface area contributed by atoms with Crippen molar-refractivity contribution in [1.29, 1.82) is 0 Å². The molecule has 1 N–H and O–H groups in total. The van der Waals surface area contributed by atoms with Crippen LogP contribution in [0.1, 0.15) is 58.4 Å². The second kappa shape index (κ2) is 6.62. The number of nitrogens with one attached hydrogen (secondary N) is 1. The Balaban J connectivity index is 2.09. The van der Waals surface area contributed by atoms with Crippen LogP contribution in [0.25, 0.3) is 0 Å². The van der Waals surface area contributed by atoms with Crippen molar-refractivity contribution in [3.63, 3.8) is 0 Å². The van der Waals surface area contributed by atoms with Crippen molar-refractivity contribution >= 4 is 5.69 Å². The molecular formula is C18H30N2. The molecule has 0 radical (unpaired) electrons. The summed E-state index contributed by atoms with van der Waals surface area (Å²) >= 11 is 0. The van der Waals surface area contributed by atoms with E-state index >= 15 is 0 Å². The van der Waals surface area contributed by atoms with Crippen LogP contribution >= 0.6 is 0 Å². The van der Waals surface area contributed by atoms with Gasteiger partial charge < -0.3 is 10.2 Å². The predicted octanol–water partition coefficient (Wildman–Crippen LogP) is 4.34. The Bertz CT molecular complexity index is 414. The molecule has 1 saturated carbocycles. The van der Waals surface area contributed by atoms with E-state index in [2.05, 4.69) is 62.3 Å². The minimum atomic E-state index is 0.163. The van der Waals surface area contributed by atoms with Gasteiger partial charge in [-0.2, -0.15) is 0 Å². The zero-order chi connectivity index (χ0) is 14.6. The first kappa shape index (κ1) is 15.4. The Hall–Kier alpha value is -1.02. The predicted molar refractivity (Wildman–Crippen MR) is 88.3 cm³/mol. The van der Waals surface area contributed by atoms with Gasteiger partial charge in [-0.15, -0.1) is 0 Å². The molecule has 2 rings (SSSR count). The number of rotatable bonds is 4. The summed E-state index contributed by atoms with van der Waals surface area (Å²) in [5, 5.41) is 3.61. The van der Waals surface area contributed by atoms with Crippen LogP contribution in [-0.4, -0.2) is 18.6 Å². The molecule has 0 aliphatic heterocycles. The molecule has 2 heteroatoms. The zero-order valence-electron chi connectivity index (χ0n) is 13.6. The molecule has 1 aliphatic rings. The second-order valence-electron chi connectivity index (χ2n) is 7.14. The van der Waals surface area contributed by atoms with Crippen molar-refractivity contribution in [2.24, 2.45) is 0 Å². The summed E-state index contributed by atoms with van der Waals surface area (Å²) in [4.78, 5) is 2.51. The van der Waals surface area contributed by atoms with Crippen molar-refractivity contribution in [2.75, 3.05) is 11.9 Å². The Labute approximate surface area is 124 Å². The summed E-state index contributed by atoms with van der Waals surface area (Å²) in [7, 11) is 2.27. The smallest absolute Gasteiger partial charge is 0.0411 e. The average Bonchev–Trinajstić information content (AvgIpc) is 2.45. The monoisotopic (exact) mass is 274 g/mol.